The minimum atomic E-state index is -0.00407. The van der Waals surface area contributed by atoms with Crippen LogP contribution in [0.3, 0.4) is 0 Å². The largest absolute Gasteiger partial charge is 0.354 e. The van der Waals surface area contributed by atoms with E-state index in [1.165, 1.54) is 0 Å². The molecule has 0 spiro atoms. The van der Waals surface area contributed by atoms with Gasteiger partial charge in [-0.1, -0.05) is 0 Å². The third kappa shape index (κ3) is 4.80. The van der Waals surface area contributed by atoms with Gasteiger partial charge in [0.2, 0.25) is 11.9 Å². The van der Waals surface area contributed by atoms with E-state index in [0.717, 1.165) is 38.8 Å². The van der Waals surface area contributed by atoms with Crippen LogP contribution >= 0.6 is 0 Å². The van der Waals surface area contributed by atoms with Gasteiger partial charge in [-0.25, -0.2) is 14.8 Å². The van der Waals surface area contributed by atoms with Gasteiger partial charge in [0.15, 0.2) is 0 Å². The molecule has 2 N–H and O–H groups in total. The van der Waals surface area contributed by atoms with Crippen LogP contribution in [-0.4, -0.2) is 71.0 Å². The first-order valence-electron chi connectivity index (χ1n) is 9.06. The molecule has 0 atom stereocenters. The second-order valence-corrected chi connectivity index (χ2v) is 6.53. The first-order valence-corrected chi connectivity index (χ1v) is 9.06. The van der Waals surface area contributed by atoms with Crippen molar-refractivity contribution in [2.45, 2.75) is 25.7 Å². The van der Waals surface area contributed by atoms with Gasteiger partial charge in [-0.3, -0.25) is 4.79 Å². The van der Waals surface area contributed by atoms with Gasteiger partial charge in [0, 0.05) is 57.6 Å². The maximum Gasteiger partial charge on any atom is 0.319 e. The number of piperidine rings is 1. The number of nitrogens with one attached hydrogen (secondary N) is 2. The Bertz CT molecular complexity index is 568. The molecule has 136 valence electrons. The zero-order chi connectivity index (χ0) is 17.5. The number of hydrogen-bond acceptors (Lipinski definition) is 5. The molecule has 8 nitrogen and oxygen atoms in total. The first kappa shape index (κ1) is 17.4. The fraction of sp³-hybridized carbons (Fsp3) is 0.647. The maximum absolute atomic E-state index is 12.4. The minimum Gasteiger partial charge on any atom is -0.354 e. The highest BCUT2D eigenvalue weighted by molar-refractivity contribution is 5.79. The summed E-state index contributed by atoms with van der Waals surface area (Å²) in [6.45, 7) is 4.20. The number of aromatic nitrogens is 2. The number of rotatable bonds is 5. The quantitative estimate of drug-likeness (QED) is 0.774. The van der Waals surface area contributed by atoms with Crippen LogP contribution < -0.4 is 10.6 Å². The van der Waals surface area contributed by atoms with Gasteiger partial charge < -0.3 is 20.4 Å². The summed E-state index contributed by atoms with van der Waals surface area (Å²) < 4.78 is 0. The van der Waals surface area contributed by atoms with Gasteiger partial charge in [0.25, 0.3) is 0 Å². The fourth-order valence-electron chi connectivity index (χ4n) is 3.34. The molecule has 25 heavy (non-hydrogen) atoms. The van der Waals surface area contributed by atoms with E-state index in [1.807, 2.05) is 9.80 Å². The predicted molar refractivity (Wildman–Crippen MR) is 94.0 cm³/mol. The standard InChI is InChI=1S/C17H26N6O2/c24-15(18-8-9-21-16-19-6-3-7-20-16)14-4-12-23(13-5-14)17(25)22-10-1-2-11-22/h3,6-7,14H,1-2,4-5,8-13H2,(H,18,24)(H,19,20,21). The van der Waals surface area contributed by atoms with Gasteiger partial charge >= 0.3 is 6.03 Å². The van der Waals surface area contributed by atoms with E-state index in [1.54, 1.807) is 18.5 Å². The zero-order valence-corrected chi connectivity index (χ0v) is 14.5. The Morgan fingerprint density at radius 1 is 1.00 bits per heavy atom. The lowest BCUT2D eigenvalue weighted by atomic mass is 9.96. The molecule has 1 aromatic rings. The number of anilines is 1. The molecular weight excluding hydrogens is 320 g/mol. The lowest BCUT2D eigenvalue weighted by molar-refractivity contribution is -0.126. The molecule has 3 heterocycles. The van der Waals surface area contributed by atoms with Crippen molar-refractivity contribution in [2.24, 2.45) is 5.92 Å². The van der Waals surface area contributed by atoms with Crippen molar-refractivity contribution < 1.29 is 9.59 Å². The average molecular weight is 346 g/mol. The van der Waals surface area contributed by atoms with E-state index >= 15 is 0 Å². The van der Waals surface area contributed by atoms with Crippen molar-refractivity contribution >= 4 is 17.9 Å². The predicted octanol–water partition coefficient (Wildman–Crippen LogP) is 0.932. The Morgan fingerprint density at radius 3 is 2.32 bits per heavy atom. The summed E-state index contributed by atoms with van der Waals surface area (Å²) in [4.78, 5) is 36.6. The highest BCUT2D eigenvalue weighted by Gasteiger charge is 2.30. The van der Waals surface area contributed by atoms with Crippen molar-refractivity contribution in [2.75, 3.05) is 44.6 Å². The highest BCUT2D eigenvalue weighted by atomic mass is 16.2. The summed E-state index contributed by atoms with van der Waals surface area (Å²) in [6.07, 6.45) is 7.02. The lowest BCUT2D eigenvalue weighted by Gasteiger charge is -2.34. The van der Waals surface area contributed by atoms with Gasteiger partial charge in [0.1, 0.15) is 0 Å². The maximum atomic E-state index is 12.4. The summed E-state index contributed by atoms with van der Waals surface area (Å²) >= 11 is 0. The van der Waals surface area contributed by atoms with Crippen LogP contribution in [0.25, 0.3) is 0 Å². The average Bonchev–Trinajstić information content (AvgIpc) is 3.20. The molecule has 0 bridgehead atoms. The number of urea groups is 1. The molecule has 8 heteroatoms. The third-order valence-corrected chi connectivity index (χ3v) is 4.79. The van der Waals surface area contributed by atoms with Crippen molar-refractivity contribution in [1.82, 2.24) is 25.1 Å². The van der Waals surface area contributed by atoms with Gasteiger partial charge in [-0.15, -0.1) is 0 Å². The van der Waals surface area contributed by atoms with Crippen molar-refractivity contribution in [3.05, 3.63) is 18.5 Å². The molecule has 1 aromatic heterocycles. The summed E-state index contributed by atoms with van der Waals surface area (Å²) in [7, 11) is 0. The van der Waals surface area contributed by atoms with E-state index in [4.69, 9.17) is 0 Å². The molecule has 0 radical (unpaired) electrons. The monoisotopic (exact) mass is 346 g/mol. The lowest BCUT2D eigenvalue weighted by Crippen LogP contribution is -2.48. The summed E-state index contributed by atoms with van der Waals surface area (Å²) in [5, 5.41) is 6.01. The Kier molecular flexibility index (Phi) is 6.03. The SMILES string of the molecule is O=C(NCCNc1ncccn1)C1CCN(C(=O)N2CCCC2)CC1. The second-order valence-electron chi connectivity index (χ2n) is 6.53. The number of carbonyl (C=O) groups excluding carboxylic acids is 2. The number of hydrogen-bond donors (Lipinski definition) is 2. The van der Waals surface area contributed by atoms with Crippen LogP contribution in [0, 0.1) is 5.92 Å². The van der Waals surface area contributed by atoms with Gasteiger partial charge in [-0.05, 0) is 31.7 Å². The molecule has 0 aromatic carbocycles. The van der Waals surface area contributed by atoms with E-state index in [0.29, 0.717) is 32.1 Å². The number of amides is 3. The minimum absolute atomic E-state index is 0.00407. The molecule has 0 aliphatic carbocycles. The van der Waals surface area contributed by atoms with Crippen LogP contribution in [0.2, 0.25) is 0 Å². The first-order chi connectivity index (χ1) is 12.2. The number of carbonyl (C=O) groups is 2. The van der Waals surface area contributed by atoms with Crippen molar-refractivity contribution in [1.29, 1.82) is 0 Å². The van der Waals surface area contributed by atoms with Gasteiger partial charge in [-0.2, -0.15) is 0 Å². The highest BCUT2D eigenvalue weighted by Crippen LogP contribution is 2.20. The molecule has 2 aliphatic rings. The zero-order valence-electron chi connectivity index (χ0n) is 14.5. The molecular formula is C17H26N6O2. The Hall–Kier alpha value is -2.38. The molecule has 2 saturated heterocycles. The summed E-state index contributed by atoms with van der Waals surface area (Å²) in [5.41, 5.74) is 0. The molecule has 0 unspecified atom stereocenters. The molecule has 3 rings (SSSR count). The van der Waals surface area contributed by atoms with Crippen molar-refractivity contribution in [3.8, 4) is 0 Å². The van der Waals surface area contributed by atoms with Crippen LogP contribution in [0.15, 0.2) is 18.5 Å². The van der Waals surface area contributed by atoms with E-state index < -0.39 is 0 Å². The molecule has 0 saturated carbocycles. The van der Waals surface area contributed by atoms with Crippen LogP contribution in [0.4, 0.5) is 10.7 Å². The van der Waals surface area contributed by atoms with E-state index in [-0.39, 0.29) is 17.9 Å². The number of nitrogens with zero attached hydrogens (tertiary/aromatic N) is 4. The Morgan fingerprint density at radius 2 is 1.64 bits per heavy atom. The summed E-state index contributed by atoms with van der Waals surface area (Å²) in [6, 6.07) is 1.90. The van der Waals surface area contributed by atoms with E-state index in [9.17, 15) is 9.59 Å². The van der Waals surface area contributed by atoms with Crippen LogP contribution in [0.1, 0.15) is 25.7 Å². The molecule has 2 fully saturated rings. The number of likely N-dealkylation sites (tertiary alicyclic amines) is 2. The molecule has 3 amide bonds. The Balaban J connectivity index is 1.33. The van der Waals surface area contributed by atoms with Crippen molar-refractivity contribution in [3.63, 3.8) is 0 Å². The van der Waals surface area contributed by atoms with E-state index in [2.05, 4.69) is 20.6 Å². The smallest absolute Gasteiger partial charge is 0.319 e. The third-order valence-electron chi connectivity index (χ3n) is 4.79. The fourth-order valence-corrected chi connectivity index (χ4v) is 3.34. The molecule has 2 aliphatic heterocycles. The summed E-state index contributed by atoms with van der Waals surface area (Å²) in [5.74, 6) is 0.630. The van der Waals surface area contributed by atoms with Crippen LogP contribution in [-0.2, 0) is 4.79 Å². The van der Waals surface area contributed by atoms with Crippen LogP contribution in [0.5, 0.6) is 0 Å². The topological polar surface area (TPSA) is 90.5 Å². The van der Waals surface area contributed by atoms with Gasteiger partial charge in [0.05, 0.1) is 0 Å². The Labute approximate surface area is 148 Å². The second kappa shape index (κ2) is 8.64. The normalized spacial score (nSPS) is 18.2.